The van der Waals surface area contributed by atoms with E-state index in [2.05, 4.69) is 46.7 Å². The first-order valence-corrected chi connectivity index (χ1v) is 31.1. The predicted molar refractivity (Wildman–Crippen MR) is 339 cm³/mol. The molecule has 3 fully saturated rings. The number of hydrogen-bond acceptors (Lipinski definition) is 17. The maximum atomic E-state index is 14.4. The summed E-state index contributed by atoms with van der Waals surface area (Å²) in [5.41, 5.74) is 10.3. The Balaban J connectivity index is 0.800. The van der Waals surface area contributed by atoms with Gasteiger partial charge < -0.3 is 60.3 Å². The molecular formula is C66H79N9O14S. The Hall–Kier alpha value is -8.74. The van der Waals surface area contributed by atoms with Crippen LogP contribution in [0.2, 0.25) is 0 Å². The van der Waals surface area contributed by atoms with Gasteiger partial charge in [-0.2, -0.15) is 12.6 Å². The van der Waals surface area contributed by atoms with E-state index in [0.717, 1.165) is 16.0 Å². The molecule has 6 N–H and O–H groups in total. The highest BCUT2D eigenvalue weighted by atomic mass is 32.1. The normalized spacial score (nSPS) is 19.1. The van der Waals surface area contributed by atoms with Gasteiger partial charge in [-0.1, -0.05) is 73.2 Å². The van der Waals surface area contributed by atoms with Crippen LogP contribution in [0.4, 0.5) is 21.9 Å². The van der Waals surface area contributed by atoms with Gasteiger partial charge in [-0.05, 0) is 106 Å². The number of imide groups is 1. The number of nitrogens with one attached hydrogen (secondary N) is 3. The number of likely N-dealkylation sites (tertiary alicyclic amines) is 1. The molecule has 1 unspecified atom stereocenters. The van der Waals surface area contributed by atoms with Gasteiger partial charge in [-0.3, -0.25) is 43.5 Å². The molecule has 4 aromatic carbocycles. The van der Waals surface area contributed by atoms with Gasteiger partial charge >= 0.3 is 6.09 Å². The van der Waals surface area contributed by atoms with Gasteiger partial charge in [0.15, 0.2) is 29.2 Å². The molecule has 0 bridgehead atoms. The summed E-state index contributed by atoms with van der Waals surface area (Å²) in [6, 6.07) is 19.0. The molecule has 90 heavy (non-hydrogen) atoms. The number of carbonyl (C=O) groups is 8. The Morgan fingerprint density at radius 3 is 2.08 bits per heavy atom. The van der Waals surface area contributed by atoms with Crippen LogP contribution in [-0.2, 0) is 41.7 Å². The fraction of sp³-hybridized carbons (Fsp3) is 0.439. The molecule has 0 aromatic heterocycles. The van der Waals surface area contributed by atoms with Gasteiger partial charge in [0.05, 0.1) is 67.3 Å². The molecule has 0 spiro atoms. The highest BCUT2D eigenvalue weighted by Gasteiger charge is 2.47. The number of hydrogen-bond donors (Lipinski definition) is 6. The number of methoxy groups -OCH3 is 2. The first kappa shape index (κ1) is 65.7. The molecule has 0 saturated carbocycles. The highest BCUT2D eigenvalue weighted by molar-refractivity contribution is 7.81. The lowest BCUT2D eigenvalue weighted by atomic mass is 10.0. The number of carbonyl (C=O) groups excluding carboxylic acids is 8. The summed E-state index contributed by atoms with van der Waals surface area (Å²) in [6.07, 6.45) is 5.33. The number of rotatable bonds is 29. The van der Waals surface area contributed by atoms with E-state index in [9.17, 15) is 43.5 Å². The van der Waals surface area contributed by atoms with Crippen molar-refractivity contribution in [2.45, 2.75) is 132 Å². The van der Waals surface area contributed by atoms with Crippen molar-refractivity contribution in [3.05, 3.63) is 125 Å². The second-order valence-electron chi connectivity index (χ2n) is 23.1. The Morgan fingerprint density at radius 2 is 1.39 bits per heavy atom. The zero-order chi connectivity index (χ0) is 64.0. The molecule has 0 radical (unpaired) electrons. The Morgan fingerprint density at radius 1 is 0.722 bits per heavy atom. The van der Waals surface area contributed by atoms with E-state index >= 15 is 0 Å². The predicted octanol–water partition coefficient (Wildman–Crippen LogP) is 6.96. The van der Waals surface area contributed by atoms with Gasteiger partial charge in [0.25, 0.3) is 11.8 Å². The van der Waals surface area contributed by atoms with Crippen LogP contribution in [0.15, 0.2) is 108 Å². The number of fused-ring (bicyclic) bond motifs is 4. The van der Waals surface area contributed by atoms with Crippen LogP contribution in [0.25, 0.3) is 0 Å². The summed E-state index contributed by atoms with van der Waals surface area (Å²) in [5.74, 6) is -1.24. The van der Waals surface area contributed by atoms with Crippen LogP contribution >= 0.6 is 12.6 Å². The maximum Gasteiger partial charge on any atom is 0.416 e. The quantitative estimate of drug-likeness (QED) is 0.0139. The van der Waals surface area contributed by atoms with Crippen molar-refractivity contribution in [1.29, 1.82) is 0 Å². The summed E-state index contributed by atoms with van der Waals surface area (Å²) in [6.45, 7) is 9.68. The summed E-state index contributed by atoms with van der Waals surface area (Å²) in [7, 11) is 2.96. The number of nitrogens with zero attached hydrogens (tertiary/aromatic N) is 5. The smallest absolute Gasteiger partial charge is 0.416 e. The number of aliphatic imine (C=N–C) groups is 1. The van der Waals surface area contributed by atoms with Crippen LogP contribution in [-0.4, -0.2) is 163 Å². The van der Waals surface area contributed by atoms with E-state index in [1.165, 1.54) is 36.2 Å². The molecule has 0 aliphatic carbocycles. The number of nitrogens with two attached hydrogens (primary N) is 1. The van der Waals surface area contributed by atoms with Crippen LogP contribution in [0.3, 0.4) is 0 Å². The van der Waals surface area contributed by atoms with Crippen LogP contribution in [0.5, 0.6) is 23.0 Å². The zero-order valence-electron chi connectivity index (χ0n) is 50.8. The van der Waals surface area contributed by atoms with Gasteiger partial charge in [0.2, 0.25) is 29.5 Å². The molecule has 23 nitrogen and oxygen atoms in total. The number of amides is 8. The van der Waals surface area contributed by atoms with E-state index in [4.69, 9.17) is 29.4 Å². The van der Waals surface area contributed by atoms with Crippen molar-refractivity contribution in [1.82, 2.24) is 25.3 Å². The van der Waals surface area contributed by atoms with E-state index in [1.54, 1.807) is 47.5 Å². The van der Waals surface area contributed by atoms with Crippen LogP contribution in [0, 0.1) is 0 Å². The number of thiol groups is 1. The van der Waals surface area contributed by atoms with Crippen molar-refractivity contribution in [2.75, 3.05) is 63.8 Å². The molecule has 4 aromatic rings. The summed E-state index contributed by atoms with van der Waals surface area (Å²) >= 11 is 4.17. The third-order valence-corrected chi connectivity index (χ3v) is 16.9. The fourth-order valence-electron chi connectivity index (χ4n) is 11.7. The number of benzene rings is 4. The van der Waals surface area contributed by atoms with Crippen molar-refractivity contribution >= 4 is 83.3 Å². The SMILES string of the molecule is C=C1C[C@H]2C=Nc3cc(OCCCCCOc4cc5c(cc4OC)C(=O)N4CC(=C)C[C@H]4[C@H](O)N5C(=O)OCc4ccc(NC(=O)[C@H](CCCCN)NC(=O)[C@H](Cc5ccccc5)NC(=O)CCCCCN5C(=O)CC(S)C5=O)cc4)c(OC)cc3C(=O)N2C1. The van der Waals surface area contributed by atoms with Crippen molar-refractivity contribution in [3.8, 4) is 23.0 Å². The fourth-order valence-corrected chi connectivity index (χ4v) is 12.0. The largest absolute Gasteiger partial charge is 0.493 e. The third-order valence-electron chi connectivity index (χ3n) is 16.5. The average molecular weight is 1250 g/mol. The first-order chi connectivity index (χ1) is 43.4. The molecule has 5 heterocycles. The monoisotopic (exact) mass is 1250 g/mol. The minimum Gasteiger partial charge on any atom is -0.493 e. The topological polar surface area (TPSA) is 290 Å². The molecule has 478 valence electrons. The number of aliphatic hydroxyl groups is 1. The number of unbranched alkanes of at least 4 members (excludes halogenated alkanes) is 5. The lowest BCUT2D eigenvalue weighted by molar-refractivity contribution is -0.138. The lowest BCUT2D eigenvalue weighted by Gasteiger charge is -2.31. The van der Waals surface area contributed by atoms with Crippen LogP contribution < -0.4 is 45.5 Å². The number of anilines is 2. The molecule has 6 atom stereocenters. The van der Waals surface area contributed by atoms with Crippen LogP contribution in [0.1, 0.15) is 115 Å². The molecule has 5 aliphatic heterocycles. The Labute approximate surface area is 528 Å². The molecule has 8 amide bonds. The molecular weight excluding hydrogens is 1170 g/mol. The lowest BCUT2D eigenvalue weighted by Crippen LogP contribution is -2.53. The van der Waals surface area contributed by atoms with Gasteiger partial charge in [0.1, 0.15) is 18.7 Å². The van der Waals surface area contributed by atoms with Gasteiger partial charge in [-0.25, -0.2) is 9.69 Å². The zero-order valence-corrected chi connectivity index (χ0v) is 51.7. The first-order valence-electron chi connectivity index (χ1n) is 30.5. The van der Waals surface area contributed by atoms with Gasteiger partial charge in [0, 0.05) is 62.9 Å². The standard InChI is InChI=1S/C66H79N9O14S/c1-40-28-45-36-68-49-33-55(53(85-3)31-46(49)62(80)73(45)37-40)87-26-14-7-15-27-88-56-34-51-47(32-54(56)86-4)63(81)74-38-41(2)29-52(74)64(82)75(51)66(84)89-39-43-20-22-44(23-21-43)69-60(78)48(18-11-12-24-67)71-61(79)50(30-42-16-8-5-9-17-42)70-58(76)19-10-6-13-25-72-59(77)35-57(90)65(72)83/h5,8-9,16-17,20-23,31-34,36,45,48,50,52,57,64,82,90H,1-2,6-7,10-15,18-19,24-30,35,37-39,67H2,3-4H3,(H,69,78)(H,70,76)(H,71,79)/t45-,48-,50-,52-,57?,64-/m0/s1. The van der Waals surface area contributed by atoms with Crippen molar-refractivity contribution < 1.29 is 67.1 Å². The number of ether oxygens (including phenoxy) is 5. The minimum absolute atomic E-state index is 0.0561. The Bertz CT molecular complexity index is 3380. The Kier molecular flexibility index (Phi) is 22.4. The molecule has 3 saturated heterocycles. The summed E-state index contributed by atoms with van der Waals surface area (Å²) in [4.78, 5) is 118. The van der Waals surface area contributed by atoms with Crippen molar-refractivity contribution in [2.24, 2.45) is 10.7 Å². The third kappa shape index (κ3) is 16.0. The molecule has 5 aliphatic rings. The number of aliphatic hydroxyl groups excluding tert-OH is 1. The van der Waals surface area contributed by atoms with Crippen molar-refractivity contribution in [3.63, 3.8) is 0 Å². The van der Waals surface area contributed by atoms with E-state index in [0.29, 0.717) is 117 Å². The molecule has 24 heteroatoms. The summed E-state index contributed by atoms with van der Waals surface area (Å²) in [5, 5.41) is 20.0. The van der Waals surface area contributed by atoms with E-state index in [-0.39, 0.29) is 111 Å². The average Bonchev–Trinajstić information content (AvgIpc) is 1.62. The highest BCUT2D eigenvalue weighted by Crippen LogP contribution is 2.43. The van der Waals surface area contributed by atoms with E-state index < -0.39 is 53.4 Å². The second-order valence-corrected chi connectivity index (χ2v) is 23.7. The van der Waals surface area contributed by atoms with Gasteiger partial charge in [-0.15, -0.1) is 0 Å². The second kappa shape index (κ2) is 30.6. The minimum atomic E-state index is -1.54. The summed E-state index contributed by atoms with van der Waals surface area (Å²) < 4.78 is 29.6. The maximum absolute atomic E-state index is 14.4. The molecule has 9 rings (SSSR count). The van der Waals surface area contributed by atoms with E-state index in [1.807, 2.05) is 30.3 Å².